The number of carbonyl (C=O) groups is 1. The zero-order valence-corrected chi connectivity index (χ0v) is 23.3. The summed E-state index contributed by atoms with van der Waals surface area (Å²) >= 11 is 0. The lowest BCUT2D eigenvalue weighted by Gasteiger charge is -2.09. The Balaban J connectivity index is 0. The van der Waals surface area contributed by atoms with Gasteiger partial charge in [-0.05, 0) is 53.0 Å². The van der Waals surface area contributed by atoms with Crippen LogP contribution in [0.5, 0.6) is 0 Å². The van der Waals surface area contributed by atoms with Crippen LogP contribution in [0, 0.1) is 0 Å². The minimum absolute atomic E-state index is 0.344. The van der Waals surface area contributed by atoms with E-state index in [4.69, 9.17) is 5.11 Å². The predicted octanol–water partition coefficient (Wildman–Crippen LogP) is 8.44. The van der Waals surface area contributed by atoms with Crippen LogP contribution in [-0.4, -0.2) is 49.7 Å². The van der Waals surface area contributed by atoms with Gasteiger partial charge in [-0.2, -0.15) is 0 Å². The Morgan fingerprint density at radius 3 is 1.33 bits per heavy atom. The van der Waals surface area contributed by atoms with Crippen LogP contribution in [0.1, 0.15) is 149 Å². The van der Waals surface area contributed by atoms with E-state index in [1.54, 1.807) is 0 Å². The van der Waals surface area contributed by atoms with Gasteiger partial charge >= 0.3 is 5.97 Å². The summed E-state index contributed by atoms with van der Waals surface area (Å²) in [5.41, 5.74) is 0. The zero-order valence-electron chi connectivity index (χ0n) is 23.3. The summed E-state index contributed by atoms with van der Waals surface area (Å²) in [7, 11) is 4.27. The van der Waals surface area contributed by atoms with Gasteiger partial charge in [0.1, 0.15) is 0 Å². The maximum atomic E-state index is 10.3. The van der Waals surface area contributed by atoms with Crippen molar-refractivity contribution in [3.05, 3.63) is 0 Å². The summed E-state index contributed by atoms with van der Waals surface area (Å²) in [6.07, 6.45) is 26.9. The van der Waals surface area contributed by atoms with E-state index >= 15 is 0 Å². The predicted molar refractivity (Wildman–Crippen MR) is 147 cm³/mol. The van der Waals surface area contributed by atoms with Crippen molar-refractivity contribution in [3.8, 4) is 0 Å². The molecular weight excluding hydrogens is 408 g/mol. The quantitative estimate of drug-likeness (QED) is 0.131. The van der Waals surface area contributed by atoms with Gasteiger partial charge in [-0.15, -0.1) is 0 Å². The Morgan fingerprint density at radius 1 is 0.576 bits per heavy atom. The highest BCUT2D eigenvalue weighted by molar-refractivity contribution is 5.66. The molecule has 0 saturated carbocycles. The Hall–Kier alpha value is -0.610. The second kappa shape index (κ2) is 31.4. The molecule has 0 aliphatic rings. The molecule has 0 rings (SSSR count). The standard InChI is InChI=1S/C15H34N2.C14H28O2/c1-4-5-6-7-8-9-10-11-13-16-14-12-15-17(2)3;1-2-3-4-5-6-7-8-9-10-11-12-13-14(15)16/h16H,4-15H2,1-3H3;2-13H2,1H3,(H,15,16). The van der Waals surface area contributed by atoms with Gasteiger partial charge in [0, 0.05) is 6.42 Å². The summed E-state index contributed by atoms with van der Waals surface area (Å²) in [5.74, 6) is -0.657. The lowest BCUT2D eigenvalue weighted by atomic mass is 10.1. The van der Waals surface area contributed by atoms with Gasteiger partial charge in [-0.3, -0.25) is 4.79 Å². The number of aliphatic carboxylic acids is 1. The van der Waals surface area contributed by atoms with E-state index in [1.165, 1.54) is 135 Å². The van der Waals surface area contributed by atoms with Crippen LogP contribution in [-0.2, 0) is 4.79 Å². The van der Waals surface area contributed by atoms with E-state index in [1.807, 2.05) is 0 Å². The lowest BCUT2D eigenvalue weighted by molar-refractivity contribution is -0.137. The number of hydrogen-bond donors (Lipinski definition) is 2. The number of nitrogens with zero attached hydrogens (tertiary/aromatic N) is 1. The second-order valence-electron chi connectivity index (χ2n) is 10.1. The molecule has 0 radical (unpaired) electrons. The van der Waals surface area contributed by atoms with Gasteiger partial charge < -0.3 is 15.3 Å². The minimum Gasteiger partial charge on any atom is -0.481 e. The highest BCUT2D eigenvalue weighted by Crippen LogP contribution is 2.12. The van der Waals surface area contributed by atoms with Crippen LogP contribution in [0.25, 0.3) is 0 Å². The highest BCUT2D eigenvalue weighted by atomic mass is 16.4. The van der Waals surface area contributed by atoms with Gasteiger partial charge in [0.05, 0.1) is 0 Å². The van der Waals surface area contributed by atoms with Crippen molar-refractivity contribution in [2.45, 2.75) is 149 Å². The molecule has 2 N–H and O–H groups in total. The minimum atomic E-state index is -0.657. The van der Waals surface area contributed by atoms with E-state index in [0.29, 0.717) is 6.42 Å². The Labute approximate surface area is 208 Å². The number of nitrogens with one attached hydrogen (secondary N) is 1. The molecule has 0 spiro atoms. The largest absolute Gasteiger partial charge is 0.481 e. The Morgan fingerprint density at radius 2 is 0.939 bits per heavy atom. The van der Waals surface area contributed by atoms with Crippen molar-refractivity contribution < 1.29 is 9.90 Å². The van der Waals surface area contributed by atoms with Crippen molar-refractivity contribution in [2.75, 3.05) is 33.7 Å². The van der Waals surface area contributed by atoms with Gasteiger partial charge in [0.2, 0.25) is 0 Å². The molecule has 4 heteroatoms. The molecule has 0 saturated heterocycles. The van der Waals surface area contributed by atoms with Crippen LogP contribution in [0.4, 0.5) is 0 Å². The smallest absolute Gasteiger partial charge is 0.303 e. The maximum Gasteiger partial charge on any atom is 0.303 e. The summed E-state index contributed by atoms with van der Waals surface area (Å²) in [5, 5.41) is 12.0. The monoisotopic (exact) mass is 470 g/mol. The average molecular weight is 471 g/mol. The molecule has 4 nitrogen and oxygen atoms in total. The Kier molecular flexibility index (Phi) is 32.9. The topological polar surface area (TPSA) is 52.6 Å². The van der Waals surface area contributed by atoms with Gasteiger partial charge in [0.15, 0.2) is 0 Å². The molecule has 0 bridgehead atoms. The third-order valence-electron chi connectivity index (χ3n) is 6.16. The molecule has 0 unspecified atom stereocenters. The van der Waals surface area contributed by atoms with E-state index in [9.17, 15) is 4.79 Å². The summed E-state index contributed by atoms with van der Waals surface area (Å²) in [4.78, 5) is 12.5. The van der Waals surface area contributed by atoms with E-state index < -0.39 is 5.97 Å². The molecule has 200 valence electrons. The van der Waals surface area contributed by atoms with Gasteiger partial charge in [-0.1, -0.05) is 123 Å². The highest BCUT2D eigenvalue weighted by Gasteiger charge is 1.97. The van der Waals surface area contributed by atoms with Crippen LogP contribution in [0.15, 0.2) is 0 Å². The third-order valence-corrected chi connectivity index (χ3v) is 6.16. The van der Waals surface area contributed by atoms with E-state index in [-0.39, 0.29) is 0 Å². The number of hydrogen-bond acceptors (Lipinski definition) is 3. The summed E-state index contributed by atoms with van der Waals surface area (Å²) < 4.78 is 0. The fourth-order valence-electron chi connectivity index (χ4n) is 3.97. The molecule has 0 aromatic heterocycles. The van der Waals surface area contributed by atoms with Crippen molar-refractivity contribution >= 4 is 5.97 Å². The van der Waals surface area contributed by atoms with Crippen LogP contribution < -0.4 is 5.32 Å². The molecule has 33 heavy (non-hydrogen) atoms. The fraction of sp³-hybridized carbons (Fsp3) is 0.966. The molecule has 0 atom stereocenters. The van der Waals surface area contributed by atoms with Crippen molar-refractivity contribution in [1.82, 2.24) is 10.2 Å². The van der Waals surface area contributed by atoms with Crippen molar-refractivity contribution in [3.63, 3.8) is 0 Å². The first-order valence-corrected chi connectivity index (χ1v) is 14.6. The second-order valence-corrected chi connectivity index (χ2v) is 10.1. The summed E-state index contributed by atoms with van der Waals surface area (Å²) in [6.45, 7) is 8.11. The number of rotatable bonds is 25. The lowest BCUT2D eigenvalue weighted by Crippen LogP contribution is -2.22. The molecule has 0 aliphatic carbocycles. The first-order chi connectivity index (χ1) is 16.0. The van der Waals surface area contributed by atoms with Crippen LogP contribution >= 0.6 is 0 Å². The van der Waals surface area contributed by atoms with Gasteiger partial charge in [-0.25, -0.2) is 0 Å². The van der Waals surface area contributed by atoms with Crippen molar-refractivity contribution in [1.29, 1.82) is 0 Å². The summed E-state index contributed by atoms with van der Waals surface area (Å²) in [6, 6.07) is 0. The normalized spacial score (nSPS) is 10.9. The molecular formula is C29H62N2O2. The molecule has 0 aromatic rings. The third kappa shape index (κ3) is 38.9. The molecule has 0 amide bonds. The molecule has 0 aromatic carbocycles. The first kappa shape index (κ1) is 34.6. The number of unbranched alkanes of at least 4 members (excludes halogenated alkanes) is 17. The molecule has 0 fully saturated rings. The van der Waals surface area contributed by atoms with Gasteiger partial charge in [0.25, 0.3) is 0 Å². The Bertz CT molecular complexity index is 362. The first-order valence-electron chi connectivity index (χ1n) is 14.6. The number of carboxylic acid groups (broad SMARTS) is 1. The number of carboxylic acids is 1. The van der Waals surface area contributed by atoms with Crippen LogP contribution in [0.2, 0.25) is 0 Å². The SMILES string of the molecule is CCCCCCCCCCCCCC(=O)O.CCCCCCCCCCNCCCN(C)C. The average Bonchev–Trinajstić information content (AvgIpc) is 2.78. The molecule has 0 aliphatic heterocycles. The van der Waals surface area contributed by atoms with Crippen molar-refractivity contribution in [2.24, 2.45) is 0 Å². The van der Waals surface area contributed by atoms with Crippen LogP contribution in [0.3, 0.4) is 0 Å². The van der Waals surface area contributed by atoms with E-state index in [0.717, 1.165) is 12.8 Å². The zero-order chi connectivity index (χ0) is 24.8. The fourth-order valence-corrected chi connectivity index (χ4v) is 3.97. The molecule has 0 heterocycles. The van der Waals surface area contributed by atoms with E-state index in [2.05, 4.69) is 38.2 Å². The maximum absolute atomic E-state index is 10.3.